The average molecular weight is 558 g/mol. The number of rotatable bonds is 29. The molecule has 0 aliphatic heterocycles. The zero-order valence-corrected chi connectivity index (χ0v) is 25.9. The van der Waals surface area contributed by atoms with E-state index in [1.54, 1.807) is 0 Å². The first kappa shape index (κ1) is 40.0. The van der Waals surface area contributed by atoms with Gasteiger partial charge in [-0.2, -0.15) is 0 Å². The summed E-state index contributed by atoms with van der Waals surface area (Å²) in [5, 5.41) is 27.8. The van der Waals surface area contributed by atoms with Gasteiger partial charge in [0.2, 0.25) is 0 Å². The molecule has 6 heteroatoms. The van der Waals surface area contributed by atoms with Crippen LogP contribution in [0.4, 0.5) is 0 Å². The third kappa shape index (κ3) is 39.1. The molecule has 0 aliphatic rings. The predicted molar refractivity (Wildman–Crippen MR) is 160 cm³/mol. The molecule has 6 nitrogen and oxygen atoms in total. The van der Waals surface area contributed by atoms with Gasteiger partial charge in [-0.1, -0.05) is 155 Å². The highest BCUT2D eigenvalue weighted by molar-refractivity contribution is 5.69. The zero-order valence-electron chi connectivity index (χ0n) is 25.9. The molecule has 0 aromatic carbocycles. The maximum Gasteiger partial charge on any atom is 0.305 e. The Morgan fingerprint density at radius 3 is 1.18 bits per heavy atom. The minimum Gasteiger partial charge on any atom is -0.550 e. The topological polar surface area (TPSA) is 107 Å². The van der Waals surface area contributed by atoms with Gasteiger partial charge in [-0.25, -0.2) is 0 Å². The number of hydrogen-bond acceptors (Lipinski definition) is 6. The Morgan fingerprint density at radius 1 is 0.564 bits per heavy atom. The largest absolute Gasteiger partial charge is 0.550 e. The van der Waals surface area contributed by atoms with Crippen molar-refractivity contribution in [3.63, 3.8) is 0 Å². The molecule has 39 heavy (non-hydrogen) atoms. The number of esters is 1. The van der Waals surface area contributed by atoms with E-state index in [9.17, 15) is 14.7 Å². The van der Waals surface area contributed by atoms with Crippen LogP contribution < -0.4 is 5.11 Å². The molecule has 0 saturated heterocycles. The summed E-state index contributed by atoms with van der Waals surface area (Å²) in [4.78, 5) is 21.5. The van der Waals surface area contributed by atoms with Crippen LogP contribution in [0.2, 0.25) is 0 Å². The number of aliphatic hydroxyl groups excluding tert-OH is 2. The van der Waals surface area contributed by atoms with Crippen LogP contribution in [0, 0.1) is 0 Å². The Bertz CT molecular complexity index is 497. The molecule has 0 rings (SSSR count). The van der Waals surface area contributed by atoms with Crippen molar-refractivity contribution in [1.82, 2.24) is 0 Å². The number of aliphatic hydroxyl groups is 2. The Labute approximate surface area is 241 Å². The van der Waals surface area contributed by atoms with Gasteiger partial charge in [0.05, 0.1) is 6.61 Å². The van der Waals surface area contributed by atoms with Crippen molar-refractivity contribution >= 4 is 11.9 Å². The molecule has 0 saturated carbocycles. The van der Waals surface area contributed by atoms with E-state index in [1.165, 1.54) is 128 Å². The summed E-state index contributed by atoms with van der Waals surface area (Å²) in [5.41, 5.74) is 0. The second-order valence-electron chi connectivity index (χ2n) is 11.2. The number of hydrogen-bond donors (Lipinski definition) is 2. The molecular formula is C33H65O6-. The van der Waals surface area contributed by atoms with Crippen molar-refractivity contribution < 1.29 is 29.6 Å². The lowest BCUT2D eigenvalue weighted by atomic mass is 10.0. The number of carbonyl (C=O) groups excluding carboxylic acids is 2. The minimum absolute atomic E-state index is 0.103. The molecule has 0 aromatic heterocycles. The highest BCUT2D eigenvalue weighted by atomic mass is 16.5. The van der Waals surface area contributed by atoms with E-state index < -0.39 is 12.1 Å². The summed E-state index contributed by atoms with van der Waals surface area (Å²) >= 11 is 0. The molecule has 0 amide bonds. The van der Waals surface area contributed by atoms with Crippen molar-refractivity contribution in [2.45, 2.75) is 187 Å². The van der Waals surface area contributed by atoms with Gasteiger partial charge in [-0.15, -0.1) is 0 Å². The molecule has 0 spiro atoms. The Balaban J connectivity index is 0. The lowest BCUT2D eigenvalue weighted by Gasteiger charge is -2.08. The summed E-state index contributed by atoms with van der Waals surface area (Å²) in [6, 6.07) is 0. The van der Waals surface area contributed by atoms with Gasteiger partial charge in [-0.3, -0.25) is 4.79 Å². The first-order valence-corrected chi connectivity index (χ1v) is 16.6. The maximum atomic E-state index is 11.4. The van der Waals surface area contributed by atoms with Crippen molar-refractivity contribution in [2.75, 3.05) is 13.2 Å². The van der Waals surface area contributed by atoms with E-state index in [1.807, 2.05) is 0 Å². The third-order valence-corrected chi connectivity index (χ3v) is 7.12. The van der Waals surface area contributed by atoms with Crippen LogP contribution in [0.3, 0.4) is 0 Å². The molecule has 2 N–H and O–H groups in total. The second-order valence-corrected chi connectivity index (χ2v) is 11.2. The first-order chi connectivity index (χ1) is 19.0. The standard InChI is InChI=1S/C21H42O4.C12H24O2/c1-2-3-4-5-6-7-8-9-10-11-12-13-14-15-16-17-21(24)25-19-20(23)18-22;1-2-3-4-5-6-7-8-9-10-11-12(13)14/h20,22-23H,2-19H2,1H3;2-11H2,1H3,(H,13,14)/p-1. The molecule has 234 valence electrons. The highest BCUT2D eigenvalue weighted by Crippen LogP contribution is 2.14. The van der Waals surface area contributed by atoms with E-state index in [2.05, 4.69) is 13.8 Å². The molecule has 0 bridgehead atoms. The number of carboxylic acid groups (broad SMARTS) is 1. The SMILES string of the molecule is CCCCCCCCCCCC(=O)[O-].CCCCCCCCCCCCCCCCCC(=O)OCC(O)CO. The molecule has 0 aliphatic carbocycles. The van der Waals surface area contributed by atoms with Gasteiger partial charge in [0.15, 0.2) is 0 Å². The number of aliphatic carboxylic acids is 1. The van der Waals surface area contributed by atoms with E-state index in [-0.39, 0.29) is 25.6 Å². The van der Waals surface area contributed by atoms with Crippen molar-refractivity contribution in [1.29, 1.82) is 0 Å². The lowest BCUT2D eigenvalue weighted by Crippen LogP contribution is -2.21. The van der Waals surface area contributed by atoms with Crippen LogP contribution in [0.1, 0.15) is 181 Å². The number of unbranched alkanes of at least 4 members (excludes halogenated alkanes) is 22. The van der Waals surface area contributed by atoms with Gasteiger partial charge in [0, 0.05) is 12.4 Å². The van der Waals surface area contributed by atoms with Crippen LogP contribution in [-0.4, -0.2) is 41.5 Å². The van der Waals surface area contributed by atoms with E-state index in [0.29, 0.717) is 6.42 Å². The van der Waals surface area contributed by atoms with Crippen LogP contribution in [-0.2, 0) is 14.3 Å². The Hall–Kier alpha value is -1.14. The number of carbonyl (C=O) groups is 2. The quantitative estimate of drug-likeness (QED) is 0.0717. The van der Waals surface area contributed by atoms with Gasteiger partial charge in [0.25, 0.3) is 0 Å². The average Bonchev–Trinajstić information content (AvgIpc) is 2.93. The van der Waals surface area contributed by atoms with E-state index in [0.717, 1.165) is 25.7 Å². The Morgan fingerprint density at radius 2 is 0.872 bits per heavy atom. The summed E-state index contributed by atoms with van der Waals surface area (Å²) in [5.74, 6) is -1.19. The molecule has 0 fully saturated rings. The van der Waals surface area contributed by atoms with Crippen molar-refractivity contribution in [3.05, 3.63) is 0 Å². The van der Waals surface area contributed by atoms with Crippen molar-refractivity contribution in [3.8, 4) is 0 Å². The lowest BCUT2D eigenvalue weighted by molar-refractivity contribution is -0.305. The molecule has 0 radical (unpaired) electrons. The van der Waals surface area contributed by atoms with E-state index in [4.69, 9.17) is 14.9 Å². The van der Waals surface area contributed by atoms with Gasteiger partial charge in [0.1, 0.15) is 12.7 Å². The van der Waals surface area contributed by atoms with Crippen LogP contribution in [0.5, 0.6) is 0 Å². The zero-order chi connectivity index (χ0) is 29.2. The van der Waals surface area contributed by atoms with Crippen LogP contribution >= 0.6 is 0 Å². The molecular weight excluding hydrogens is 492 g/mol. The molecule has 0 heterocycles. The smallest absolute Gasteiger partial charge is 0.305 e. The van der Waals surface area contributed by atoms with Gasteiger partial charge in [-0.05, 0) is 19.3 Å². The molecule has 1 atom stereocenters. The molecule has 1 unspecified atom stereocenters. The second kappa shape index (κ2) is 34.9. The Kier molecular flexibility index (Phi) is 35.8. The number of carboxylic acids is 1. The monoisotopic (exact) mass is 557 g/mol. The molecule has 0 aromatic rings. The third-order valence-electron chi connectivity index (χ3n) is 7.12. The summed E-state index contributed by atoms with van der Waals surface area (Å²) < 4.78 is 4.86. The highest BCUT2D eigenvalue weighted by Gasteiger charge is 2.07. The fourth-order valence-corrected chi connectivity index (χ4v) is 4.53. The fraction of sp³-hybridized carbons (Fsp3) is 0.939. The van der Waals surface area contributed by atoms with E-state index >= 15 is 0 Å². The maximum absolute atomic E-state index is 11.4. The van der Waals surface area contributed by atoms with Gasteiger partial charge < -0.3 is 24.9 Å². The van der Waals surface area contributed by atoms with Gasteiger partial charge >= 0.3 is 5.97 Å². The van der Waals surface area contributed by atoms with Crippen LogP contribution in [0.15, 0.2) is 0 Å². The normalized spacial score (nSPS) is 11.6. The summed E-state index contributed by atoms with van der Waals surface area (Å²) in [7, 11) is 0. The fourth-order valence-electron chi connectivity index (χ4n) is 4.53. The minimum atomic E-state index is -0.954. The van der Waals surface area contributed by atoms with Crippen molar-refractivity contribution in [2.24, 2.45) is 0 Å². The summed E-state index contributed by atoms with van der Waals surface area (Å²) in [6.45, 7) is 4.02. The predicted octanol–water partition coefficient (Wildman–Crippen LogP) is 7.80. The summed E-state index contributed by atoms with van der Waals surface area (Å²) in [6.07, 6.45) is 30.2. The van der Waals surface area contributed by atoms with Crippen LogP contribution in [0.25, 0.3) is 0 Å². The number of ether oxygens (including phenoxy) is 1. The first-order valence-electron chi connectivity index (χ1n) is 16.6.